The van der Waals surface area contributed by atoms with Crippen molar-refractivity contribution in [3.8, 4) is 0 Å². The van der Waals surface area contributed by atoms with Crippen molar-refractivity contribution in [2.24, 2.45) is 5.90 Å². The van der Waals surface area contributed by atoms with E-state index >= 15 is 0 Å². The Kier molecular flexibility index (Phi) is 7.29. The lowest BCUT2D eigenvalue weighted by Gasteiger charge is -2.23. The lowest BCUT2D eigenvalue weighted by atomic mass is 9.99. The van der Waals surface area contributed by atoms with E-state index in [0.29, 0.717) is 18.0 Å². The number of rotatable bonds is 8. The third-order valence-electron chi connectivity index (χ3n) is 3.63. The number of carbonyl (C=O) groups is 1. The normalized spacial score (nSPS) is 13.3. The summed E-state index contributed by atoms with van der Waals surface area (Å²) < 4.78 is 37.9. The molecule has 0 unspecified atom stereocenters. The number of methoxy groups -OCH3 is 1. The number of ether oxygens (including phenoxy) is 2. The van der Waals surface area contributed by atoms with Crippen LogP contribution >= 0.6 is 11.3 Å². The molecule has 2 rings (SSSR count). The summed E-state index contributed by atoms with van der Waals surface area (Å²) in [6, 6.07) is 5.96. The van der Waals surface area contributed by atoms with Gasteiger partial charge in [0.25, 0.3) is 0 Å². The van der Waals surface area contributed by atoms with Crippen LogP contribution in [-0.4, -0.2) is 32.1 Å². The van der Waals surface area contributed by atoms with Crippen LogP contribution in [0.3, 0.4) is 0 Å². The Labute approximate surface area is 168 Å². The van der Waals surface area contributed by atoms with Gasteiger partial charge in [0.05, 0.1) is 17.2 Å². The van der Waals surface area contributed by atoms with Gasteiger partial charge in [-0.3, -0.25) is 4.79 Å². The molecular formula is C18H24N2O6S2. The quantitative estimate of drug-likeness (QED) is 0.503. The number of thiazole rings is 1. The van der Waals surface area contributed by atoms with Crippen LogP contribution in [0.5, 0.6) is 0 Å². The molecule has 1 heterocycles. The monoisotopic (exact) mass is 428 g/mol. The molecule has 1 atom stereocenters. The summed E-state index contributed by atoms with van der Waals surface area (Å²) in [5.41, 5.74) is 0.839. The fraction of sp³-hybridized carbons (Fsp3) is 0.444. The average Bonchev–Trinajstić information content (AvgIpc) is 3.07. The smallest absolute Gasteiger partial charge is 0.316 e. The number of esters is 1. The van der Waals surface area contributed by atoms with Crippen molar-refractivity contribution in [3.63, 3.8) is 0 Å². The van der Waals surface area contributed by atoms with Gasteiger partial charge in [-0.05, 0) is 44.9 Å². The Morgan fingerprint density at radius 1 is 1.25 bits per heavy atom. The van der Waals surface area contributed by atoms with Crippen LogP contribution < -0.4 is 5.90 Å². The molecule has 28 heavy (non-hydrogen) atoms. The van der Waals surface area contributed by atoms with Gasteiger partial charge >= 0.3 is 16.1 Å². The maximum absolute atomic E-state index is 12.8. The molecule has 0 bridgehead atoms. The third kappa shape index (κ3) is 6.08. The average molecular weight is 429 g/mol. The van der Waals surface area contributed by atoms with Crippen LogP contribution in [0.4, 0.5) is 0 Å². The van der Waals surface area contributed by atoms with Crippen molar-refractivity contribution in [2.45, 2.75) is 50.2 Å². The van der Waals surface area contributed by atoms with Gasteiger partial charge < -0.3 is 9.47 Å². The zero-order valence-electron chi connectivity index (χ0n) is 16.2. The van der Waals surface area contributed by atoms with Gasteiger partial charge in [0.2, 0.25) is 0 Å². The van der Waals surface area contributed by atoms with Gasteiger partial charge in [-0.25, -0.2) is 4.98 Å². The highest BCUT2D eigenvalue weighted by Gasteiger charge is 2.29. The number of carbonyl (C=O) groups excluding carboxylic acids is 1. The van der Waals surface area contributed by atoms with Crippen molar-refractivity contribution >= 4 is 27.4 Å². The summed E-state index contributed by atoms with van der Waals surface area (Å²) in [6.45, 7) is 5.75. The highest BCUT2D eigenvalue weighted by molar-refractivity contribution is 7.86. The Balaban J connectivity index is 2.29. The molecule has 2 N–H and O–H groups in total. The van der Waals surface area contributed by atoms with E-state index < -0.39 is 27.6 Å². The van der Waals surface area contributed by atoms with Gasteiger partial charge in [-0.1, -0.05) is 12.1 Å². The van der Waals surface area contributed by atoms with Crippen molar-refractivity contribution in [1.82, 2.24) is 4.98 Å². The van der Waals surface area contributed by atoms with Crippen molar-refractivity contribution in [1.29, 1.82) is 0 Å². The molecule has 1 aromatic heterocycles. The topological polar surface area (TPSA) is 118 Å². The van der Waals surface area contributed by atoms with Crippen LogP contribution in [-0.2, 0) is 41.7 Å². The molecule has 0 aliphatic heterocycles. The molecule has 0 fully saturated rings. The molecule has 8 nitrogen and oxygen atoms in total. The highest BCUT2D eigenvalue weighted by Crippen LogP contribution is 2.28. The minimum atomic E-state index is -3.98. The van der Waals surface area contributed by atoms with Crippen molar-refractivity contribution in [3.05, 3.63) is 45.9 Å². The maximum Gasteiger partial charge on any atom is 0.316 e. The van der Waals surface area contributed by atoms with Crippen molar-refractivity contribution in [2.75, 3.05) is 7.11 Å². The van der Waals surface area contributed by atoms with E-state index in [1.807, 2.05) is 5.38 Å². The van der Waals surface area contributed by atoms with Gasteiger partial charge in [0.1, 0.15) is 16.5 Å². The minimum absolute atomic E-state index is 0.0656. The van der Waals surface area contributed by atoms with Crippen LogP contribution in [0.1, 0.15) is 43.0 Å². The van der Waals surface area contributed by atoms with Gasteiger partial charge in [0.15, 0.2) is 0 Å². The summed E-state index contributed by atoms with van der Waals surface area (Å²) in [4.78, 5) is 17.2. The lowest BCUT2D eigenvalue weighted by Crippen LogP contribution is -2.28. The van der Waals surface area contributed by atoms with Crippen LogP contribution in [0.25, 0.3) is 0 Å². The summed E-state index contributed by atoms with van der Waals surface area (Å²) in [5.74, 6) is 3.77. The zero-order valence-corrected chi connectivity index (χ0v) is 17.8. The largest absolute Gasteiger partial charge is 0.459 e. The number of aromatic nitrogens is 1. The lowest BCUT2D eigenvalue weighted by molar-refractivity contribution is -0.156. The third-order valence-corrected chi connectivity index (χ3v) is 5.74. The van der Waals surface area contributed by atoms with E-state index in [1.54, 1.807) is 40.0 Å². The second-order valence-corrected chi connectivity index (χ2v) is 9.56. The van der Waals surface area contributed by atoms with Gasteiger partial charge in [0, 0.05) is 12.5 Å². The fourth-order valence-corrected chi connectivity index (χ4v) is 3.90. The number of hydrogen-bond acceptors (Lipinski definition) is 9. The first-order valence-electron chi connectivity index (χ1n) is 8.44. The van der Waals surface area contributed by atoms with E-state index in [2.05, 4.69) is 9.27 Å². The van der Waals surface area contributed by atoms with E-state index in [-0.39, 0.29) is 4.90 Å². The Morgan fingerprint density at radius 2 is 1.89 bits per heavy atom. The van der Waals surface area contributed by atoms with E-state index in [9.17, 15) is 13.2 Å². The second kappa shape index (κ2) is 9.10. The van der Waals surface area contributed by atoms with E-state index in [1.165, 1.54) is 23.5 Å². The SMILES string of the molecule is COCc1csc([C@@H](Cc2ccc(S(=O)(=O)ON)cc2)C(=O)OC(C)(C)C)n1. The first-order chi connectivity index (χ1) is 13.1. The molecule has 0 saturated carbocycles. The fourth-order valence-electron chi connectivity index (χ4n) is 2.42. The molecular weight excluding hydrogens is 404 g/mol. The molecule has 0 spiro atoms. The maximum atomic E-state index is 12.8. The summed E-state index contributed by atoms with van der Waals surface area (Å²) >= 11 is 1.36. The minimum Gasteiger partial charge on any atom is -0.459 e. The molecule has 154 valence electrons. The van der Waals surface area contributed by atoms with Crippen LogP contribution in [0.15, 0.2) is 34.5 Å². The molecule has 0 aliphatic rings. The summed E-state index contributed by atoms with van der Waals surface area (Å²) in [7, 11) is -2.40. The summed E-state index contributed by atoms with van der Waals surface area (Å²) in [6.07, 6.45) is 0.304. The molecule has 0 aliphatic carbocycles. The van der Waals surface area contributed by atoms with E-state index in [4.69, 9.17) is 15.4 Å². The standard InChI is InChI=1S/C18H24N2O6S2/c1-18(2,3)25-17(21)15(16-20-13(10-24-4)11-27-16)9-12-5-7-14(8-6-12)28(22,23)26-19/h5-8,11,15H,9-10,19H2,1-4H3/t15-/m1/s1. The molecule has 0 saturated heterocycles. The first kappa shape index (κ1) is 22.4. The van der Waals surface area contributed by atoms with Crippen LogP contribution in [0.2, 0.25) is 0 Å². The van der Waals surface area contributed by atoms with Gasteiger partial charge in [-0.15, -0.1) is 11.3 Å². The first-order valence-corrected chi connectivity index (χ1v) is 10.7. The predicted molar refractivity (Wildman–Crippen MR) is 104 cm³/mol. The molecule has 1 aromatic carbocycles. The molecule has 2 aromatic rings. The Bertz CT molecular complexity index is 901. The number of nitrogens with zero attached hydrogens (tertiary/aromatic N) is 1. The number of nitrogens with two attached hydrogens (primary N) is 1. The molecule has 0 radical (unpaired) electrons. The highest BCUT2D eigenvalue weighted by atomic mass is 32.2. The van der Waals surface area contributed by atoms with Crippen LogP contribution in [0, 0.1) is 0 Å². The summed E-state index contributed by atoms with van der Waals surface area (Å²) in [5, 5.41) is 2.45. The predicted octanol–water partition coefficient (Wildman–Crippen LogP) is 2.54. The Morgan fingerprint density at radius 3 is 2.43 bits per heavy atom. The number of benzene rings is 1. The number of hydrogen-bond donors (Lipinski definition) is 1. The molecule has 0 amide bonds. The zero-order chi connectivity index (χ0) is 20.9. The second-order valence-electron chi connectivity index (χ2n) is 7.09. The van der Waals surface area contributed by atoms with E-state index in [0.717, 1.165) is 11.3 Å². The Hall–Kier alpha value is -1.85. The van der Waals surface area contributed by atoms with Crippen molar-refractivity contribution < 1.29 is 27.0 Å². The van der Waals surface area contributed by atoms with Gasteiger partial charge in [-0.2, -0.15) is 18.6 Å². The molecule has 10 heteroatoms.